The van der Waals surface area contributed by atoms with Gasteiger partial charge in [-0.1, -0.05) is 6.92 Å². The Labute approximate surface area is 118 Å². The third kappa shape index (κ3) is 7.88. The van der Waals surface area contributed by atoms with Gasteiger partial charge in [-0.15, -0.1) is 0 Å². The Bertz CT molecular complexity index is 218. The molecule has 1 saturated heterocycles. The molecule has 0 bridgehead atoms. The molecule has 0 aromatic carbocycles. The minimum Gasteiger partial charge on any atom is -0.389 e. The first-order valence-corrected chi connectivity index (χ1v) is 7.84. The molecule has 1 fully saturated rings. The molecule has 114 valence electrons. The summed E-state index contributed by atoms with van der Waals surface area (Å²) in [4.78, 5) is 2.39. The van der Waals surface area contributed by atoms with Gasteiger partial charge in [0.2, 0.25) is 0 Å². The molecule has 4 heteroatoms. The van der Waals surface area contributed by atoms with E-state index in [1.54, 1.807) is 0 Å². The summed E-state index contributed by atoms with van der Waals surface area (Å²) >= 11 is 0. The normalized spacial score (nSPS) is 22.1. The van der Waals surface area contributed by atoms with Gasteiger partial charge in [0.25, 0.3) is 0 Å². The Morgan fingerprint density at radius 2 is 2.21 bits per heavy atom. The lowest BCUT2D eigenvalue weighted by molar-refractivity contribution is -0.0106. The van der Waals surface area contributed by atoms with Crippen LogP contribution in [0.15, 0.2) is 0 Å². The molecule has 1 rings (SSSR count). The maximum Gasteiger partial charge on any atom is 0.0900 e. The highest BCUT2D eigenvalue weighted by atomic mass is 16.5. The number of rotatable bonds is 9. The predicted octanol–water partition coefficient (Wildman–Crippen LogP) is 1.48. The summed E-state index contributed by atoms with van der Waals surface area (Å²) in [7, 11) is 0. The van der Waals surface area contributed by atoms with Crippen molar-refractivity contribution in [2.75, 3.05) is 39.3 Å². The molecule has 1 aliphatic rings. The lowest BCUT2D eigenvalue weighted by atomic mass is 9.99. The van der Waals surface area contributed by atoms with Crippen molar-refractivity contribution in [1.82, 2.24) is 10.2 Å². The number of aliphatic hydroxyl groups excluding tert-OH is 1. The average Bonchev–Trinajstić information content (AvgIpc) is 2.38. The Balaban J connectivity index is 2.29. The summed E-state index contributed by atoms with van der Waals surface area (Å²) in [6.45, 7) is 11.8. The molecule has 1 heterocycles. The third-order valence-electron chi connectivity index (χ3n) is 3.55. The smallest absolute Gasteiger partial charge is 0.0900 e. The number of hydrogen-bond acceptors (Lipinski definition) is 4. The van der Waals surface area contributed by atoms with Gasteiger partial charge in [-0.05, 0) is 58.7 Å². The van der Waals surface area contributed by atoms with Crippen LogP contribution in [0.1, 0.15) is 40.0 Å². The second-order valence-corrected chi connectivity index (χ2v) is 6.01. The van der Waals surface area contributed by atoms with E-state index in [9.17, 15) is 5.11 Å². The van der Waals surface area contributed by atoms with Crippen LogP contribution < -0.4 is 5.32 Å². The summed E-state index contributed by atoms with van der Waals surface area (Å²) in [5, 5.41) is 13.5. The highest BCUT2D eigenvalue weighted by Crippen LogP contribution is 2.12. The molecule has 19 heavy (non-hydrogen) atoms. The standard InChI is InChI=1S/C15H32N2O2/c1-4-8-17(10-14-6-5-7-16-9-14)11-15(18)12-19-13(2)3/h13-16,18H,4-12H2,1-3H3. The molecule has 0 amide bonds. The van der Waals surface area contributed by atoms with Crippen molar-refractivity contribution < 1.29 is 9.84 Å². The van der Waals surface area contributed by atoms with Crippen molar-refractivity contribution in [2.24, 2.45) is 5.92 Å². The van der Waals surface area contributed by atoms with E-state index >= 15 is 0 Å². The van der Waals surface area contributed by atoms with Crippen LogP contribution in [0, 0.1) is 5.92 Å². The van der Waals surface area contributed by atoms with Gasteiger partial charge in [0.1, 0.15) is 0 Å². The van der Waals surface area contributed by atoms with Gasteiger partial charge in [-0.2, -0.15) is 0 Å². The fourth-order valence-corrected chi connectivity index (χ4v) is 2.67. The number of nitrogens with zero attached hydrogens (tertiary/aromatic N) is 1. The van der Waals surface area contributed by atoms with Crippen LogP contribution in [0.5, 0.6) is 0 Å². The highest BCUT2D eigenvalue weighted by molar-refractivity contribution is 4.74. The molecule has 0 aliphatic carbocycles. The van der Waals surface area contributed by atoms with Gasteiger partial charge < -0.3 is 20.1 Å². The Morgan fingerprint density at radius 3 is 2.79 bits per heavy atom. The van der Waals surface area contributed by atoms with Gasteiger partial charge in [-0.3, -0.25) is 0 Å². The zero-order chi connectivity index (χ0) is 14.1. The summed E-state index contributed by atoms with van der Waals surface area (Å²) in [5.74, 6) is 0.735. The van der Waals surface area contributed by atoms with Crippen molar-refractivity contribution >= 4 is 0 Å². The van der Waals surface area contributed by atoms with Gasteiger partial charge in [0, 0.05) is 13.1 Å². The summed E-state index contributed by atoms with van der Waals surface area (Å²) in [5.41, 5.74) is 0. The summed E-state index contributed by atoms with van der Waals surface area (Å²) < 4.78 is 5.48. The van der Waals surface area contributed by atoms with Crippen LogP contribution in [0.25, 0.3) is 0 Å². The average molecular weight is 272 g/mol. The lowest BCUT2D eigenvalue weighted by Crippen LogP contribution is -2.42. The fourth-order valence-electron chi connectivity index (χ4n) is 2.67. The van der Waals surface area contributed by atoms with Crippen LogP contribution in [0.3, 0.4) is 0 Å². The molecule has 0 saturated carbocycles. The Hall–Kier alpha value is -0.160. The SMILES string of the molecule is CCCN(CC(O)COC(C)C)CC1CCCNC1. The fraction of sp³-hybridized carbons (Fsp3) is 1.00. The second-order valence-electron chi connectivity index (χ2n) is 6.01. The van der Waals surface area contributed by atoms with E-state index in [0.29, 0.717) is 6.61 Å². The first kappa shape index (κ1) is 16.9. The van der Waals surface area contributed by atoms with Gasteiger partial charge in [0.05, 0.1) is 18.8 Å². The molecule has 1 aliphatic heterocycles. The highest BCUT2D eigenvalue weighted by Gasteiger charge is 2.18. The molecule has 0 spiro atoms. The maximum absolute atomic E-state index is 10.0. The molecular weight excluding hydrogens is 240 g/mol. The molecule has 2 unspecified atom stereocenters. The second kappa shape index (κ2) is 9.70. The minimum absolute atomic E-state index is 0.191. The van der Waals surface area contributed by atoms with Crippen LogP contribution >= 0.6 is 0 Å². The van der Waals surface area contributed by atoms with Crippen LogP contribution in [-0.4, -0.2) is 61.5 Å². The third-order valence-corrected chi connectivity index (χ3v) is 3.55. The van der Waals surface area contributed by atoms with Gasteiger partial charge >= 0.3 is 0 Å². The number of ether oxygens (including phenoxy) is 1. The van der Waals surface area contributed by atoms with Gasteiger partial charge in [0.15, 0.2) is 0 Å². The van der Waals surface area contributed by atoms with Crippen molar-refractivity contribution in [1.29, 1.82) is 0 Å². The first-order valence-electron chi connectivity index (χ1n) is 7.84. The lowest BCUT2D eigenvalue weighted by Gasteiger charge is -2.31. The van der Waals surface area contributed by atoms with Gasteiger partial charge in [-0.25, -0.2) is 0 Å². The molecular formula is C15H32N2O2. The quantitative estimate of drug-likeness (QED) is 0.667. The van der Waals surface area contributed by atoms with Crippen molar-refractivity contribution in [3.63, 3.8) is 0 Å². The van der Waals surface area contributed by atoms with E-state index in [1.165, 1.54) is 12.8 Å². The van der Waals surface area contributed by atoms with Crippen molar-refractivity contribution in [3.8, 4) is 0 Å². The van der Waals surface area contributed by atoms with E-state index in [4.69, 9.17) is 4.74 Å². The molecule has 2 N–H and O–H groups in total. The molecule has 4 nitrogen and oxygen atoms in total. The Kier molecular flexibility index (Phi) is 8.62. The van der Waals surface area contributed by atoms with Crippen LogP contribution in [0.4, 0.5) is 0 Å². The maximum atomic E-state index is 10.0. The van der Waals surface area contributed by atoms with E-state index in [2.05, 4.69) is 17.1 Å². The molecule has 0 radical (unpaired) electrons. The van der Waals surface area contributed by atoms with E-state index < -0.39 is 0 Å². The number of aliphatic hydroxyl groups is 1. The predicted molar refractivity (Wildman–Crippen MR) is 79.4 cm³/mol. The van der Waals surface area contributed by atoms with Crippen LogP contribution in [-0.2, 0) is 4.74 Å². The largest absolute Gasteiger partial charge is 0.389 e. The van der Waals surface area contributed by atoms with Crippen molar-refractivity contribution in [3.05, 3.63) is 0 Å². The summed E-state index contributed by atoms with van der Waals surface area (Å²) in [6.07, 6.45) is 3.55. The van der Waals surface area contributed by atoms with E-state index in [-0.39, 0.29) is 12.2 Å². The first-order chi connectivity index (χ1) is 9.11. The molecule has 0 aromatic heterocycles. The summed E-state index contributed by atoms with van der Waals surface area (Å²) in [6, 6.07) is 0. The zero-order valence-electron chi connectivity index (χ0n) is 12.9. The molecule has 0 aromatic rings. The van der Waals surface area contributed by atoms with Crippen LogP contribution in [0.2, 0.25) is 0 Å². The molecule has 2 atom stereocenters. The number of hydrogen-bond donors (Lipinski definition) is 2. The van der Waals surface area contributed by atoms with E-state index in [1.807, 2.05) is 13.8 Å². The Morgan fingerprint density at radius 1 is 1.42 bits per heavy atom. The number of piperidine rings is 1. The monoisotopic (exact) mass is 272 g/mol. The van der Waals surface area contributed by atoms with E-state index in [0.717, 1.165) is 45.1 Å². The minimum atomic E-state index is -0.370. The van der Waals surface area contributed by atoms with Crippen molar-refractivity contribution in [2.45, 2.75) is 52.2 Å². The zero-order valence-corrected chi connectivity index (χ0v) is 12.9. The number of nitrogens with one attached hydrogen (secondary N) is 1. The topological polar surface area (TPSA) is 44.7 Å².